The van der Waals surface area contributed by atoms with E-state index in [9.17, 15) is 29.1 Å². The number of aliphatic hydroxyl groups is 2. The topological polar surface area (TPSA) is 151 Å². The van der Waals surface area contributed by atoms with Crippen molar-refractivity contribution in [1.82, 2.24) is 9.80 Å². The molecule has 2 aliphatic carbocycles. The number of rotatable bonds is 2. The van der Waals surface area contributed by atoms with E-state index >= 15 is 0 Å². The van der Waals surface area contributed by atoms with Gasteiger partial charge in [-0.1, -0.05) is 42.5 Å². The first-order chi connectivity index (χ1) is 22.5. The van der Waals surface area contributed by atoms with E-state index in [4.69, 9.17) is 14.6 Å². The Morgan fingerprint density at radius 1 is 0.833 bits per heavy atom. The van der Waals surface area contributed by atoms with Crippen molar-refractivity contribution in [3.05, 3.63) is 75.9 Å². The highest BCUT2D eigenvalue weighted by Gasteiger charge is 2.37. The number of likely N-dealkylation sites (tertiary alicyclic amines) is 1. The average Bonchev–Trinajstić information content (AvgIpc) is 3.80. The van der Waals surface area contributed by atoms with E-state index in [1.54, 1.807) is 9.80 Å². The molecule has 2 atom stereocenters. The second-order valence-corrected chi connectivity index (χ2v) is 14.2. The fourth-order valence-electron chi connectivity index (χ4n) is 6.32. The number of hydrogen-bond donors (Lipinski definition) is 2. The van der Waals surface area contributed by atoms with Gasteiger partial charge in [0.15, 0.2) is 5.78 Å². The summed E-state index contributed by atoms with van der Waals surface area (Å²) in [6, 6.07) is 11.3. The second-order valence-electron chi connectivity index (χ2n) is 14.2. The average molecular weight is 663 g/mol. The molecule has 0 spiro atoms. The van der Waals surface area contributed by atoms with Crippen molar-refractivity contribution >= 4 is 35.1 Å². The maximum atomic E-state index is 12.2. The highest BCUT2D eigenvalue weighted by atomic mass is 16.6. The zero-order chi connectivity index (χ0) is 35.6. The molecule has 2 aliphatic heterocycles. The number of carbonyl (C=O) groups excluding carboxylic acids is 5. The number of carbonyl (C=O) groups is 5. The molecule has 0 bridgehead atoms. The number of Topliss-reactive ketones (excluding diaryl/α,β-unsaturated/α-hetero) is 3. The number of amides is 2. The van der Waals surface area contributed by atoms with E-state index in [1.165, 1.54) is 0 Å². The van der Waals surface area contributed by atoms with Crippen LogP contribution in [0, 0.1) is 0 Å². The molecule has 4 aliphatic rings. The van der Waals surface area contributed by atoms with E-state index in [2.05, 4.69) is 0 Å². The lowest BCUT2D eigenvalue weighted by Crippen LogP contribution is -2.35. The minimum Gasteiger partial charge on any atom is -0.444 e. The third kappa shape index (κ3) is 8.19. The van der Waals surface area contributed by atoms with Gasteiger partial charge in [0.05, 0.1) is 0 Å². The van der Waals surface area contributed by atoms with Crippen molar-refractivity contribution in [1.29, 1.82) is 0 Å². The highest BCUT2D eigenvalue weighted by molar-refractivity contribution is 6.48. The highest BCUT2D eigenvalue weighted by Crippen LogP contribution is 2.38. The summed E-state index contributed by atoms with van der Waals surface area (Å²) >= 11 is 0. The van der Waals surface area contributed by atoms with E-state index in [0.717, 1.165) is 46.9 Å². The van der Waals surface area contributed by atoms with Crippen molar-refractivity contribution in [2.24, 2.45) is 0 Å². The summed E-state index contributed by atoms with van der Waals surface area (Å²) in [5, 5.41) is 17.2. The van der Waals surface area contributed by atoms with Crippen LogP contribution in [0.2, 0.25) is 0 Å². The van der Waals surface area contributed by atoms with Gasteiger partial charge in [0.1, 0.15) is 17.3 Å². The van der Waals surface area contributed by atoms with Crippen LogP contribution in [0.1, 0.15) is 98.2 Å². The van der Waals surface area contributed by atoms with Crippen LogP contribution in [0.5, 0.6) is 0 Å². The number of benzene rings is 2. The summed E-state index contributed by atoms with van der Waals surface area (Å²) in [7, 11) is 1.00. The van der Waals surface area contributed by atoms with E-state index in [-0.39, 0.29) is 36.1 Å². The summed E-state index contributed by atoms with van der Waals surface area (Å²) in [6.45, 7) is 13.0. The summed E-state index contributed by atoms with van der Waals surface area (Å²) in [5.74, 6) is -0.797. The van der Waals surface area contributed by atoms with Gasteiger partial charge in [0.2, 0.25) is 11.6 Å². The third-order valence-corrected chi connectivity index (χ3v) is 8.35. The van der Waals surface area contributed by atoms with Gasteiger partial charge >= 0.3 is 12.2 Å². The maximum Gasteiger partial charge on any atom is 0.410 e. The van der Waals surface area contributed by atoms with Crippen molar-refractivity contribution in [3.8, 4) is 0 Å². The molecular weight excluding hydrogens is 616 g/mol. The van der Waals surface area contributed by atoms with Crippen molar-refractivity contribution < 1.29 is 43.7 Å². The van der Waals surface area contributed by atoms with Crippen LogP contribution in [-0.2, 0) is 31.9 Å². The van der Waals surface area contributed by atoms with Crippen LogP contribution >= 0.6 is 0 Å². The smallest absolute Gasteiger partial charge is 0.410 e. The quantitative estimate of drug-likeness (QED) is 0.432. The molecule has 11 nitrogen and oxygen atoms in total. The van der Waals surface area contributed by atoms with Gasteiger partial charge in [-0.15, -0.1) is 0 Å². The van der Waals surface area contributed by atoms with Gasteiger partial charge in [-0.25, -0.2) is 9.59 Å². The van der Waals surface area contributed by atoms with Crippen molar-refractivity contribution in [3.63, 3.8) is 0 Å². The number of aliphatic hydroxyl groups excluding tert-OH is 2. The molecule has 1 saturated heterocycles. The van der Waals surface area contributed by atoms with Crippen LogP contribution in [0.4, 0.5) is 9.59 Å². The number of fused-ring (bicyclic) bond motifs is 2. The van der Waals surface area contributed by atoms with E-state index in [1.807, 2.05) is 84.0 Å². The summed E-state index contributed by atoms with van der Waals surface area (Å²) < 4.78 is 10.8. The molecule has 0 radical (unpaired) electrons. The minimum atomic E-state index is -1.02. The van der Waals surface area contributed by atoms with Gasteiger partial charge in [-0.05, 0) is 81.4 Å². The Kier molecular flexibility index (Phi) is 11.0. The lowest BCUT2D eigenvalue weighted by atomic mass is 9.91. The molecular formula is C37H46N2O9. The maximum absolute atomic E-state index is 12.2. The molecule has 2 aromatic rings. The first-order valence-corrected chi connectivity index (χ1v) is 16.1. The zero-order valence-electron chi connectivity index (χ0n) is 28.8. The number of ketones is 3. The number of hydrogen-bond acceptors (Lipinski definition) is 9. The fraction of sp³-hybridized carbons (Fsp3) is 0.486. The second kappa shape index (κ2) is 14.4. The lowest BCUT2D eigenvalue weighted by Gasteiger charge is -2.24. The Labute approximate surface area is 281 Å². The summed E-state index contributed by atoms with van der Waals surface area (Å²) in [4.78, 5) is 63.2. The SMILES string of the molecule is CC(C)(C)OC(=O)N1CC=C(c2cccc3c2C(=O)C(=O)C3)C1.CC(C)(C)OC(=O)N1CCC(c2cccc3c2C(O)C(=O)C3)C1.CO. The Hall–Kier alpha value is -4.35. The Morgan fingerprint density at radius 2 is 1.44 bits per heavy atom. The van der Waals surface area contributed by atoms with Crippen LogP contribution in [0.3, 0.4) is 0 Å². The van der Waals surface area contributed by atoms with Gasteiger partial charge in [0, 0.05) is 57.6 Å². The molecule has 2 aromatic carbocycles. The van der Waals surface area contributed by atoms with Gasteiger partial charge < -0.3 is 29.5 Å². The lowest BCUT2D eigenvalue weighted by molar-refractivity contribution is -0.125. The Bertz CT molecular complexity index is 1630. The summed E-state index contributed by atoms with van der Waals surface area (Å²) in [5.41, 5.74) is 4.52. The molecule has 2 amide bonds. The molecule has 2 heterocycles. The normalized spacial score (nSPS) is 19.9. The molecule has 2 N–H and O–H groups in total. The number of nitrogens with zero attached hydrogens (tertiary/aromatic N) is 2. The fourth-order valence-corrected chi connectivity index (χ4v) is 6.32. The Morgan fingerprint density at radius 3 is 2.08 bits per heavy atom. The molecule has 0 saturated carbocycles. The van der Waals surface area contributed by atoms with Crippen LogP contribution < -0.4 is 0 Å². The minimum absolute atomic E-state index is 0.137. The molecule has 258 valence electrons. The molecule has 0 aromatic heterocycles. The molecule has 48 heavy (non-hydrogen) atoms. The van der Waals surface area contributed by atoms with E-state index < -0.39 is 23.1 Å². The monoisotopic (exact) mass is 662 g/mol. The predicted molar refractivity (Wildman–Crippen MR) is 179 cm³/mol. The van der Waals surface area contributed by atoms with Gasteiger partial charge in [-0.3, -0.25) is 14.4 Å². The van der Waals surface area contributed by atoms with Crippen LogP contribution in [0.25, 0.3) is 5.57 Å². The summed E-state index contributed by atoms with van der Waals surface area (Å²) in [6.07, 6.45) is 1.50. The molecule has 11 heteroatoms. The largest absolute Gasteiger partial charge is 0.444 e. The molecule has 2 unspecified atom stereocenters. The predicted octanol–water partition coefficient (Wildman–Crippen LogP) is 4.81. The molecule has 6 rings (SSSR count). The Balaban J connectivity index is 0.000000206. The van der Waals surface area contributed by atoms with Crippen LogP contribution in [0.15, 0.2) is 42.5 Å². The first kappa shape index (κ1) is 36.5. The van der Waals surface area contributed by atoms with Crippen molar-refractivity contribution in [2.45, 2.75) is 84.0 Å². The van der Waals surface area contributed by atoms with Crippen molar-refractivity contribution in [2.75, 3.05) is 33.3 Å². The van der Waals surface area contributed by atoms with Gasteiger partial charge in [-0.2, -0.15) is 0 Å². The van der Waals surface area contributed by atoms with Gasteiger partial charge in [0.25, 0.3) is 0 Å². The first-order valence-electron chi connectivity index (χ1n) is 16.1. The zero-order valence-corrected chi connectivity index (χ0v) is 28.8. The molecule has 1 fully saturated rings. The third-order valence-electron chi connectivity index (χ3n) is 8.35. The van der Waals surface area contributed by atoms with Crippen LogP contribution in [-0.4, -0.2) is 94.0 Å². The standard InChI is InChI=1S/C18H23NO4.C18H19NO4.CH4O/c2*1-18(2,3)23-17(22)19-8-7-12(10-19)13-6-4-5-11-9-14(20)16(21)15(11)13;1-2/h4-6,12,16,21H,7-10H2,1-3H3;4-7H,8-10H2,1-3H3;2H,1H3. The number of ether oxygens (including phenoxy) is 2. The van der Waals surface area contributed by atoms with E-state index in [0.29, 0.717) is 38.2 Å².